The summed E-state index contributed by atoms with van der Waals surface area (Å²) in [5, 5.41) is 7.53. The van der Waals surface area contributed by atoms with E-state index in [0.29, 0.717) is 11.7 Å². The maximum absolute atomic E-state index is 5.20. The zero-order chi connectivity index (χ0) is 12.1. The van der Waals surface area contributed by atoms with Crippen molar-refractivity contribution in [1.82, 2.24) is 15.6 Å². The maximum atomic E-state index is 5.20. The van der Waals surface area contributed by atoms with Crippen molar-refractivity contribution in [3.8, 4) is 11.5 Å². The molecule has 0 aliphatic heterocycles. The highest BCUT2D eigenvalue weighted by Crippen LogP contribution is 2.15. The van der Waals surface area contributed by atoms with Crippen LogP contribution in [0.3, 0.4) is 0 Å². The fraction of sp³-hybridized carbons (Fsp3) is 0. The molecule has 3 N–H and O–H groups in total. The molecular weight excluding hydrogens is 238 g/mol. The second-order valence-corrected chi connectivity index (χ2v) is 3.50. The molecule has 0 unspecified atom stereocenters. The Bertz CT molecular complexity index is 537. The smallest absolute Gasteiger partial charge is 0.258 e. The van der Waals surface area contributed by atoms with E-state index in [4.69, 9.17) is 10.3 Å². The van der Waals surface area contributed by atoms with Crippen LogP contribution in [0.5, 0.6) is 0 Å². The fourth-order valence-electron chi connectivity index (χ4n) is 1.14. The van der Waals surface area contributed by atoms with Crippen LogP contribution in [0.15, 0.2) is 40.0 Å². The molecule has 1 aromatic carbocycles. The molecule has 7 heteroatoms. The van der Waals surface area contributed by atoms with E-state index in [2.05, 4.69) is 32.9 Å². The number of nitrogens with one attached hydrogen (secondary N) is 1. The average molecular weight is 247 g/mol. The summed E-state index contributed by atoms with van der Waals surface area (Å²) in [7, 11) is 0. The highest BCUT2D eigenvalue weighted by molar-refractivity contribution is 7.80. The number of rotatable bonds is 3. The molecule has 2 aromatic rings. The summed E-state index contributed by atoms with van der Waals surface area (Å²) in [5.74, 6) is 0.773. The second-order valence-electron chi connectivity index (χ2n) is 3.06. The number of nitrogens with zero attached hydrogens (tertiary/aromatic N) is 3. The van der Waals surface area contributed by atoms with Crippen molar-refractivity contribution in [2.75, 3.05) is 0 Å². The van der Waals surface area contributed by atoms with Crippen LogP contribution < -0.4 is 11.2 Å². The predicted octanol–water partition coefficient (Wildman–Crippen LogP) is 0.904. The summed E-state index contributed by atoms with van der Waals surface area (Å²) in [6, 6.07) is 9.45. The highest BCUT2D eigenvalue weighted by atomic mass is 32.1. The average Bonchev–Trinajstić information content (AvgIpc) is 2.78. The van der Waals surface area contributed by atoms with Crippen LogP contribution in [-0.4, -0.2) is 21.5 Å². The van der Waals surface area contributed by atoms with Gasteiger partial charge in [-0.2, -0.15) is 10.1 Å². The lowest BCUT2D eigenvalue weighted by atomic mass is 10.2. The molecule has 0 fully saturated rings. The van der Waals surface area contributed by atoms with Crippen molar-refractivity contribution in [3.05, 3.63) is 36.2 Å². The van der Waals surface area contributed by atoms with Crippen LogP contribution in [0.1, 0.15) is 5.82 Å². The van der Waals surface area contributed by atoms with Gasteiger partial charge in [-0.1, -0.05) is 23.4 Å². The van der Waals surface area contributed by atoms with Gasteiger partial charge in [0.2, 0.25) is 5.82 Å². The molecule has 0 amide bonds. The Morgan fingerprint density at radius 1 is 1.41 bits per heavy atom. The van der Waals surface area contributed by atoms with Crippen LogP contribution in [0, 0.1) is 0 Å². The number of hydrogen-bond donors (Lipinski definition) is 2. The summed E-state index contributed by atoms with van der Waals surface area (Å²) in [5.41, 5.74) is 8.44. The summed E-state index contributed by atoms with van der Waals surface area (Å²) in [6.45, 7) is 0. The third kappa shape index (κ3) is 3.08. The third-order valence-corrected chi connectivity index (χ3v) is 1.91. The first-order valence-corrected chi connectivity index (χ1v) is 5.14. The summed E-state index contributed by atoms with van der Waals surface area (Å²) < 4.78 is 5.06. The molecular formula is C10H9N5OS. The van der Waals surface area contributed by atoms with Crippen molar-refractivity contribution in [2.24, 2.45) is 10.8 Å². The zero-order valence-electron chi connectivity index (χ0n) is 8.70. The molecule has 17 heavy (non-hydrogen) atoms. The maximum Gasteiger partial charge on any atom is 0.258 e. The Labute approximate surface area is 103 Å². The van der Waals surface area contributed by atoms with E-state index in [1.54, 1.807) is 0 Å². The van der Waals surface area contributed by atoms with Gasteiger partial charge in [0, 0.05) is 5.56 Å². The minimum atomic E-state index is 0.0769. The van der Waals surface area contributed by atoms with Crippen molar-refractivity contribution in [1.29, 1.82) is 0 Å². The van der Waals surface area contributed by atoms with E-state index in [1.807, 2.05) is 30.3 Å². The largest absolute Gasteiger partial charge is 0.375 e. The first kappa shape index (κ1) is 11.2. The predicted molar refractivity (Wildman–Crippen MR) is 67.2 cm³/mol. The Kier molecular flexibility index (Phi) is 3.41. The van der Waals surface area contributed by atoms with Crippen molar-refractivity contribution in [2.45, 2.75) is 0 Å². The first-order chi connectivity index (χ1) is 8.25. The van der Waals surface area contributed by atoms with Gasteiger partial charge >= 0.3 is 0 Å². The Balaban J connectivity index is 2.11. The number of aromatic nitrogens is 2. The van der Waals surface area contributed by atoms with Gasteiger partial charge < -0.3 is 10.3 Å². The Morgan fingerprint density at radius 3 is 2.88 bits per heavy atom. The van der Waals surface area contributed by atoms with Crippen molar-refractivity contribution < 1.29 is 4.52 Å². The molecule has 0 saturated heterocycles. The second kappa shape index (κ2) is 5.17. The minimum absolute atomic E-state index is 0.0769. The molecule has 86 valence electrons. The Morgan fingerprint density at radius 2 is 2.18 bits per heavy atom. The third-order valence-electron chi connectivity index (χ3n) is 1.82. The topological polar surface area (TPSA) is 89.3 Å². The molecule has 1 heterocycles. The van der Waals surface area contributed by atoms with Crippen LogP contribution >= 0.6 is 12.2 Å². The number of nitrogens with two attached hydrogens (primary N) is 1. The number of benzene rings is 1. The molecule has 1 aromatic heterocycles. The standard InChI is InChI=1S/C10H9N5OS/c11-10(17)14-12-6-8-13-9(16-15-8)7-4-2-1-3-5-7/h1-6H,(H3,11,14,17)/b12-6-. The normalized spacial score (nSPS) is 10.6. The van der Waals surface area contributed by atoms with Gasteiger partial charge in [0.05, 0.1) is 6.21 Å². The molecule has 2 rings (SSSR count). The van der Waals surface area contributed by atoms with Gasteiger partial charge in [0.1, 0.15) is 0 Å². The van der Waals surface area contributed by atoms with Gasteiger partial charge in [-0.05, 0) is 24.4 Å². The monoisotopic (exact) mass is 247 g/mol. The first-order valence-electron chi connectivity index (χ1n) is 4.73. The van der Waals surface area contributed by atoms with E-state index in [-0.39, 0.29) is 5.11 Å². The molecule has 0 aliphatic carbocycles. The minimum Gasteiger partial charge on any atom is -0.375 e. The SMILES string of the molecule is NC(=S)N/N=C\c1noc(-c2ccccc2)n1. The van der Waals surface area contributed by atoms with Gasteiger partial charge in [0.25, 0.3) is 5.89 Å². The number of hydrazone groups is 1. The van der Waals surface area contributed by atoms with Crippen LogP contribution in [0.4, 0.5) is 0 Å². The number of hydrogen-bond acceptors (Lipinski definition) is 5. The van der Waals surface area contributed by atoms with E-state index in [0.717, 1.165) is 5.56 Å². The molecule has 0 spiro atoms. The van der Waals surface area contributed by atoms with Gasteiger partial charge in [-0.15, -0.1) is 0 Å². The summed E-state index contributed by atoms with van der Waals surface area (Å²) >= 11 is 4.58. The molecule has 6 nitrogen and oxygen atoms in total. The van der Waals surface area contributed by atoms with Crippen molar-refractivity contribution in [3.63, 3.8) is 0 Å². The van der Waals surface area contributed by atoms with Gasteiger partial charge in [-0.3, -0.25) is 5.43 Å². The van der Waals surface area contributed by atoms with Crippen LogP contribution in [0.2, 0.25) is 0 Å². The van der Waals surface area contributed by atoms with Gasteiger partial charge in [0.15, 0.2) is 5.11 Å². The van der Waals surface area contributed by atoms with Crippen molar-refractivity contribution >= 4 is 23.5 Å². The molecule has 0 aliphatic rings. The van der Waals surface area contributed by atoms with Crippen LogP contribution in [-0.2, 0) is 0 Å². The zero-order valence-corrected chi connectivity index (χ0v) is 9.52. The highest BCUT2D eigenvalue weighted by Gasteiger charge is 2.05. The molecule has 0 radical (unpaired) electrons. The quantitative estimate of drug-likeness (QED) is 0.476. The van der Waals surface area contributed by atoms with E-state index in [1.165, 1.54) is 6.21 Å². The molecule has 0 atom stereocenters. The van der Waals surface area contributed by atoms with E-state index < -0.39 is 0 Å². The fourth-order valence-corrected chi connectivity index (χ4v) is 1.19. The molecule has 0 bridgehead atoms. The number of thiocarbonyl (C=S) groups is 1. The molecule has 0 saturated carbocycles. The lowest BCUT2D eigenvalue weighted by molar-refractivity contribution is 0.429. The summed E-state index contributed by atoms with van der Waals surface area (Å²) in [6.07, 6.45) is 1.37. The Hall–Kier alpha value is -2.28. The van der Waals surface area contributed by atoms with Crippen LogP contribution in [0.25, 0.3) is 11.5 Å². The van der Waals surface area contributed by atoms with E-state index >= 15 is 0 Å². The van der Waals surface area contributed by atoms with E-state index in [9.17, 15) is 0 Å². The lowest BCUT2D eigenvalue weighted by Crippen LogP contribution is -2.24. The lowest BCUT2D eigenvalue weighted by Gasteiger charge is -1.90. The summed E-state index contributed by atoms with van der Waals surface area (Å²) in [4.78, 5) is 4.13. The van der Waals surface area contributed by atoms with Gasteiger partial charge in [-0.25, -0.2) is 0 Å².